The third kappa shape index (κ3) is 0.225. The van der Waals surface area contributed by atoms with Crippen molar-refractivity contribution in [1.82, 2.24) is 0 Å². The van der Waals surface area contributed by atoms with Crippen molar-refractivity contribution in [3.8, 4) is 0 Å². The van der Waals surface area contributed by atoms with E-state index < -0.39 is 0 Å². The summed E-state index contributed by atoms with van der Waals surface area (Å²) in [4.78, 5) is 0. The molecule has 1 N–H and O–H groups in total. The molecule has 0 aromatic heterocycles. The Morgan fingerprint density at radius 1 is 1.09 bits per heavy atom. The first-order valence-corrected chi connectivity index (χ1v) is 5.02. The Hall–Kier alpha value is -0.0400. The summed E-state index contributed by atoms with van der Waals surface area (Å²) in [5.41, 5.74) is 0.545. The van der Waals surface area contributed by atoms with Crippen LogP contribution in [0, 0.1) is 46.8 Å². The summed E-state index contributed by atoms with van der Waals surface area (Å²) in [5, 5.41) is 9.40. The highest BCUT2D eigenvalue weighted by molar-refractivity contribution is 5.43. The fourth-order valence-electron chi connectivity index (χ4n) is 6.19. The minimum atomic E-state index is 0.535. The van der Waals surface area contributed by atoms with E-state index >= 15 is 0 Å². The zero-order chi connectivity index (χ0) is 6.96. The molecule has 8 atom stereocenters. The number of hydrogen-bond donors (Lipinski definition) is 1. The van der Waals surface area contributed by atoms with Gasteiger partial charge < -0.3 is 5.11 Å². The first kappa shape index (κ1) is 4.86. The molecule has 0 saturated heterocycles. The lowest BCUT2D eigenvalue weighted by molar-refractivity contribution is 0.181. The molecule has 0 radical (unpaired) electrons. The van der Waals surface area contributed by atoms with Crippen LogP contribution in [0.4, 0.5) is 0 Å². The molecule has 0 spiro atoms. The van der Waals surface area contributed by atoms with Gasteiger partial charge in [-0.25, -0.2) is 0 Å². The molecule has 6 aliphatic rings. The second-order valence-corrected chi connectivity index (χ2v) is 5.57. The standard InChI is InChI=1S/C10H12O/c11-2-10-7-3-1-4(8(7)10)6-5(3)9(6)10/h3-9,11H,1-2H2/t3-,4?,5-,6?,7+,8+,9?,10?/m1/s1. The molecule has 2 bridgehead atoms. The molecule has 58 valence electrons. The van der Waals surface area contributed by atoms with Crippen LogP contribution in [0.1, 0.15) is 6.42 Å². The summed E-state index contributed by atoms with van der Waals surface area (Å²) in [6, 6.07) is 0. The number of hydrogen-bond acceptors (Lipinski definition) is 1. The molecule has 6 aliphatic carbocycles. The van der Waals surface area contributed by atoms with E-state index in [9.17, 15) is 5.11 Å². The average molecular weight is 148 g/mol. The summed E-state index contributed by atoms with van der Waals surface area (Å²) in [6.07, 6.45) is 1.56. The zero-order valence-corrected chi connectivity index (χ0v) is 6.40. The van der Waals surface area contributed by atoms with Gasteiger partial charge in [-0.15, -0.1) is 0 Å². The predicted molar refractivity (Wildman–Crippen MR) is 38.6 cm³/mol. The molecule has 6 rings (SSSR count). The summed E-state index contributed by atoms with van der Waals surface area (Å²) < 4.78 is 0. The average Bonchev–Trinajstić information content (AvgIpc) is 2.79. The zero-order valence-electron chi connectivity index (χ0n) is 6.40. The third-order valence-corrected chi connectivity index (χ3v) is 6.00. The molecular formula is C10H12O. The smallest absolute Gasteiger partial charge is 0.0496 e. The van der Waals surface area contributed by atoms with E-state index in [1.54, 1.807) is 6.42 Å². The maximum Gasteiger partial charge on any atom is 0.0496 e. The van der Waals surface area contributed by atoms with Crippen molar-refractivity contribution in [2.45, 2.75) is 6.42 Å². The second kappa shape index (κ2) is 0.953. The Morgan fingerprint density at radius 2 is 1.73 bits per heavy atom. The molecule has 1 heteroatoms. The Labute approximate surface area is 65.8 Å². The van der Waals surface area contributed by atoms with Crippen LogP contribution in [0.25, 0.3) is 0 Å². The van der Waals surface area contributed by atoms with Gasteiger partial charge in [-0.1, -0.05) is 0 Å². The van der Waals surface area contributed by atoms with Crippen LogP contribution in [0.3, 0.4) is 0 Å². The van der Waals surface area contributed by atoms with Gasteiger partial charge in [-0.05, 0) is 47.8 Å². The molecule has 0 aromatic rings. The fourth-order valence-corrected chi connectivity index (χ4v) is 6.19. The predicted octanol–water partition coefficient (Wildman–Crippen LogP) is 0.737. The molecule has 0 aliphatic heterocycles. The van der Waals surface area contributed by atoms with Crippen LogP contribution in [-0.2, 0) is 0 Å². The van der Waals surface area contributed by atoms with Crippen LogP contribution in [0.2, 0.25) is 0 Å². The van der Waals surface area contributed by atoms with Crippen molar-refractivity contribution in [3.05, 3.63) is 0 Å². The van der Waals surface area contributed by atoms with Gasteiger partial charge in [0.2, 0.25) is 0 Å². The summed E-state index contributed by atoms with van der Waals surface area (Å²) in [5.74, 6) is 7.55. The minimum Gasteiger partial charge on any atom is -0.396 e. The van der Waals surface area contributed by atoms with Gasteiger partial charge in [0.25, 0.3) is 0 Å². The molecule has 0 aromatic carbocycles. The van der Waals surface area contributed by atoms with Crippen molar-refractivity contribution in [3.63, 3.8) is 0 Å². The fraction of sp³-hybridized carbons (Fsp3) is 1.00. The van der Waals surface area contributed by atoms with Gasteiger partial charge in [-0.3, -0.25) is 0 Å². The first-order valence-electron chi connectivity index (χ1n) is 5.02. The number of aliphatic hydroxyl groups excluding tert-OH is 1. The molecule has 4 unspecified atom stereocenters. The molecular weight excluding hydrogens is 136 g/mol. The molecule has 0 amide bonds. The largest absolute Gasteiger partial charge is 0.396 e. The van der Waals surface area contributed by atoms with Crippen molar-refractivity contribution < 1.29 is 5.11 Å². The van der Waals surface area contributed by atoms with Crippen LogP contribution in [0.5, 0.6) is 0 Å². The minimum absolute atomic E-state index is 0.535. The van der Waals surface area contributed by atoms with Crippen LogP contribution >= 0.6 is 0 Å². The highest BCUT2D eigenvalue weighted by atomic mass is 16.3. The Kier molecular flexibility index (Phi) is 0.421. The molecule has 11 heavy (non-hydrogen) atoms. The van der Waals surface area contributed by atoms with E-state index in [1.807, 2.05) is 0 Å². The Morgan fingerprint density at radius 3 is 2.00 bits per heavy atom. The van der Waals surface area contributed by atoms with Gasteiger partial charge in [0, 0.05) is 12.0 Å². The van der Waals surface area contributed by atoms with E-state index in [0.717, 1.165) is 41.4 Å². The maximum atomic E-state index is 9.40. The topological polar surface area (TPSA) is 20.2 Å². The lowest BCUT2D eigenvalue weighted by Crippen LogP contribution is -2.11. The van der Waals surface area contributed by atoms with Crippen molar-refractivity contribution >= 4 is 0 Å². The van der Waals surface area contributed by atoms with E-state index in [2.05, 4.69) is 0 Å². The van der Waals surface area contributed by atoms with Gasteiger partial charge >= 0.3 is 0 Å². The summed E-state index contributed by atoms with van der Waals surface area (Å²) >= 11 is 0. The molecule has 6 fully saturated rings. The van der Waals surface area contributed by atoms with E-state index in [1.165, 1.54) is 0 Å². The number of aliphatic hydroxyl groups is 1. The normalized spacial score (nSPS) is 89.7. The summed E-state index contributed by atoms with van der Waals surface area (Å²) in [7, 11) is 0. The maximum absolute atomic E-state index is 9.40. The Bertz CT molecular complexity index is 257. The molecule has 0 heterocycles. The second-order valence-electron chi connectivity index (χ2n) is 5.57. The highest BCUT2D eigenvalue weighted by Crippen LogP contribution is 2.99. The molecule has 6 saturated carbocycles. The highest BCUT2D eigenvalue weighted by Gasteiger charge is 2.97. The van der Waals surface area contributed by atoms with E-state index in [-0.39, 0.29) is 0 Å². The van der Waals surface area contributed by atoms with E-state index in [0.29, 0.717) is 12.0 Å². The summed E-state index contributed by atoms with van der Waals surface area (Å²) in [6.45, 7) is 0.535. The van der Waals surface area contributed by atoms with E-state index in [4.69, 9.17) is 0 Å². The van der Waals surface area contributed by atoms with Gasteiger partial charge in [0.15, 0.2) is 0 Å². The van der Waals surface area contributed by atoms with Gasteiger partial charge in [0.1, 0.15) is 0 Å². The van der Waals surface area contributed by atoms with Crippen molar-refractivity contribution in [1.29, 1.82) is 0 Å². The van der Waals surface area contributed by atoms with Crippen LogP contribution in [-0.4, -0.2) is 11.7 Å². The monoisotopic (exact) mass is 148 g/mol. The van der Waals surface area contributed by atoms with Crippen LogP contribution < -0.4 is 0 Å². The van der Waals surface area contributed by atoms with Crippen molar-refractivity contribution in [2.75, 3.05) is 6.61 Å². The Balaban J connectivity index is 1.85. The lowest BCUT2D eigenvalue weighted by atomic mass is 10.00. The quantitative estimate of drug-likeness (QED) is 0.581. The third-order valence-electron chi connectivity index (χ3n) is 6.00. The van der Waals surface area contributed by atoms with Gasteiger partial charge in [0.05, 0.1) is 0 Å². The van der Waals surface area contributed by atoms with Gasteiger partial charge in [-0.2, -0.15) is 0 Å². The number of rotatable bonds is 1. The SMILES string of the molecule is OCC12C3C4C5C[C@H]([C@H]43)[C@H]1[C@H]52. The first-order chi connectivity index (χ1) is 5.41. The molecule has 1 nitrogen and oxygen atoms in total. The van der Waals surface area contributed by atoms with Crippen molar-refractivity contribution in [2.24, 2.45) is 46.8 Å². The van der Waals surface area contributed by atoms with Crippen LogP contribution in [0.15, 0.2) is 0 Å². The lowest BCUT2D eigenvalue weighted by Gasteiger charge is -2.08.